The van der Waals surface area contributed by atoms with E-state index in [1.807, 2.05) is 26.0 Å². The van der Waals surface area contributed by atoms with Crippen LogP contribution < -0.4 is 15.4 Å². The zero-order chi connectivity index (χ0) is 16.8. The summed E-state index contributed by atoms with van der Waals surface area (Å²) in [5.41, 5.74) is 1.32. The molecule has 0 radical (unpaired) electrons. The molecule has 0 bridgehead atoms. The molecular formula is C17H18Cl2N2O2. The van der Waals surface area contributed by atoms with E-state index >= 15 is 0 Å². The van der Waals surface area contributed by atoms with Crippen molar-refractivity contribution in [1.29, 1.82) is 0 Å². The van der Waals surface area contributed by atoms with Crippen molar-refractivity contribution in [2.75, 3.05) is 17.2 Å². The number of halogens is 2. The number of nitrogens with one attached hydrogen (secondary N) is 2. The van der Waals surface area contributed by atoms with E-state index in [1.54, 1.807) is 30.3 Å². The van der Waals surface area contributed by atoms with Crippen molar-refractivity contribution in [3.63, 3.8) is 0 Å². The molecule has 6 heteroatoms. The molecule has 2 rings (SSSR count). The van der Waals surface area contributed by atoms with Gasteiger partial charge in [-0.1, -0.05) is 29.3 Å². The van der Waals surface area contributed by atoms with Crippen molar-refractivity contribution >= 4 is 40.5 Å². The maximum absolute atomic E-state index is 12.0. The number of ether oxygens (including phenoxy) is 1. The van der Waals surface area contributed by atoms with Gasteiger partial charge in [-0.25, -0.2) is 0 Å². The van der Waals surface area contributed by atoms with E-state index in [0.29, 0.717) is 21.4 Å². The Morgan fingerprint density at radius 1 is 1.13 bits per heavy atom. The van der Waals surface area contributed by atoms with Gasteiger partial charge in [-0.05, 0) is 50.2 Å². The molecule has 122 valence electrons. The van der Waals surface area contributed by atoms with E-state index in [1.165, 1.54) is 0 Å². The van der Waals surface area contributed by atoms with E-state index in [9.17, 15) is 4.79 Å². The lowest BCUT2D eigenvalue weighted by Crippen LogP contribution is -2.21. The molecule has 23 heavy (non-hydrogen) atoms. The Kier molecular flexibility index (Phi) is 6.13. The highest BCUT2D eigenvalue weighted by Gasteiger charge is 2.07. The first-order valence-corrected chi connectivity index (χ1v) is 7.96. The predicted molar refractivity (Wildman–Crippen MR) is 95.8 cm³/mol. The first-order chi connectivity index (χ1) is 11.0. The summed E-state index contributed by atoms with van der Waals surface area (Å²) in [6, 6.07) is 12.4. The summed E-state index contributed by atoms with van der Waals surface area (Å²) in [7, 11) is 0. The molecular weight excluding hydrogens is 335 g/mol. The monoisotopic (exact) mass is 352 g/mol. The summed E-state index contributed by atoms with van der Waals surface area (Å²) < 4.78 is 5.55. The Morgan fingerprint density at radius 3 is 2.48 bits per heavy atom. The Bertz CT molecular complexity index is 673. The molecule has 0 spiro atoms. The summed E-state index contributed by atoms with van der Waals surface area (Å²) in [5.74, 6) is 0.584. The van der Waals surface area contributed by atoms with E-state index in [4.69, 9.17) is 27.9 Å². The molecule has 0 aliphatic rings. The second kappa shape index (κ2) is 8.09. The van der Waals surface area contributed by atoms with E-state index in [-0.39, 0.29) is 18.6 Å². The molecule has 0 heterocycles. The van der Waals surface area contributed by atoms with Crippen LogP contribution in [-0.4, -0.2) is 18.6 Å². The SMILES string of the molecule is CC(C)Oc1ccc(NC(=O)CNc2cccc(Cl)c2Cl)cc1. The van der Waals surface area contributed by atoms with E-state index < -0.39 is 0 Å². The molecule has 0 saturated carbocycles. The fraction of sp³-hybridized carbons (Fsp3) is 0.235. The minimum Gasteiger partial charge on any atom is -0.491 e. The van der Waals surface area contributed by atoms with Crippen molar-refractivity contribution in [3.8, 4) is 5.75 Å². The highest BCUT2D eigenvalue weighted by Crippen LogP contribution is 2.29. The molecule has 0 fully saturated rings. The van der Waals surface area contributed by atoms with Gasteiger partial charge in [0.05, 0.1) is 28.4 Å². The van der Waals surface area contributed by atoms with Crippen LogP contribution in [0.3, 0.4) is 0 Å². The van der Waals surface area contributed by atoms with Crippen LogP contribution in [-0.2, 0) is 4.79 Å². The lowest BCUT2D eigenvalue weighted by atomic mass is 10.3. The Morgan fingerprint density at radius 2 is 1.83 bits per heavy atom. The lowest BCUT2D eigenvalue weighted by molar-refractivity contribution is -0.114. The number of hydrogen-bond donors (Lipinski definition) is 2. The van der Waals surface area contributed by atoms with Crippen LogP contribution in [0, 0.1) is 0 Å². The third-order valence-corrected chi connectivity index (χ3v) is 3.72. The Balaban J connectivity index is 1.88. The van der Waals surface area contributed by atoms with Gasteiger partial charge in [-0.2, -0.15) is 0 Å². The molecule has 2 N–H and O–H groups in total. The van der Waals surface area contributed by atoms with Gasteiger partial charge in [0.15, 0.2) is 0 Å². The number of benzene rings is 2. The fourth-order valence-corrected chi connectivity index (χ4v) is 2.28. The second-order valence-electron chi connectivity index (χ2n) is 5.19. The van der Waals surface area contributed by atoms with E-state index in [2.05, 4.69) is 10.6 Å². The zero-order valence-electron chi connectivity index (χ0n) is 12.9. The van der Waals surface area contributed by atoms with Gasteiger partial charge < -0.3 is 15.4 Å². The third kappa shape index (κ3) is 5.34. The molecule has 0 unspecified atom stereocenters. The smallest absolute Gasteiger partial charge is 0.243 e. The highest BCUT2D eigenvalue weighted by molar-refractivity contribution is 6.43. The number of carbonyl (C=O) groups is 1. The van der Waals surface area contributed by atoms with Crippen molar-refractivity contribution < 1.29 is 9.53 Å². The lowest BCUT2D eigenvalue weighted by Gasteiger charge is -2.12. The summed E-state index contributed by atoms with van der Waals surface area (Å²) in [5, 5.41) is 6.59. The van der Waals surface area contributed by atoms with Crippen LogP contribution in [0.5, 0.6) is 5.75 Å². The Hall–Kier alpha value is -1.91. The number of rotatable bonds is 6. The number of hydrogen-bond acceptors (Lipinski definition) is 3. The average Bonchev–Trinajstić information content (AvgIpc) is 2.50. The minimum atomic E-state index is -0.182. The van der Waals surface area contributed by atoms with Crippen molar-refractivity contribution in [1.82, 2.24) is 0 Å². The number of carbonyl (C=O) groups excluding carboxylic acids is 1. The topological polar surface area (TPSA) is 50.4 Å². The van der Waals surface area contributed by atoms with Gasteiger partial charge in [0.25, 0.3) is 0 Å². The average molecular weight is 353 g/mol. The standard InChI is InChI=1S/C17H18Cl2N2O2/c1-11(2)23-13-8-6-12(7-9-13)21-16(22)10-20-15-5-3-4-14(18)17(15)19/h3-9,11,20H,10H2,1-2H3,(H,21,22). The van der Waals surface area contributed by atoms with Gasteiger partial charge in [0.1, 0.15) is 5.75 Å². The minimum absolute atomic E-state index is 0.0876. The molecule has 2 aromatic rings. The third-order valence-electron chi connectivity index (χ3n) is 2.90. The summed E-state index contributed by atoms with van der Waals surface area (Å²) >= 11 is 12.0. The molecule has 0 aromatic heterocycles. The molecule has 4 nitrogen and oxygen atoms in total. The van der Waals surface area contributed by atoms with Crippen molar-refractivity contribution in [2.45, 2.75) is 20.0 Å². The van der Waals surface area contributed by atoms with Gasteiger partial charge in [-0.15, -0.1) is 0 Å². The normalized spacial score (nSPS) is 10.5. The highest BCUT2D eigenvalue weighted by atomic mass is 35.5. The zero-order valence-corrected chi connectivity index (χ0v) is 14.4. The van der Waals surface area contributed by atoms with Crippen molar-refractivity contribution in [3.05, 3.63) is 52.5 Å². The van der Waals surface area contributed by atoms with Gasteiger partial charge >= 0.3 is 0 Å². The molecule has 2 aromatic carbocycles. The maximum Gasteiger partial charge on any atom is 0.243 e. The second-order valence-corrected chi connectivity index (χ2v) is 5.98. The van der Waals surface area contributed by atoms with Crippen LogP contribution in [0.15, 0.2) is 42.5 Å². The van der Waals surface area contributed by atoms with E-state index in [0.717, 1.165) is 5.75 Å². The summed E-state index contributed by atoms with van der Waals surface area (Å²) in [4.78, 5) is 12.0. The fourth-order valence-electron chi connectivity index (χ4n) is 1.91. The first kappa shape index (κ1) is 17.4. The molecule has 0 atom stereocenters. The quantitative estimate of drug-likeness (QED) is 0.782. The number of anilines is 2. The molecule has 0 aliphatic heterocycles. The first-order valence-electron chi connectivity index (χ1n) is 7.20. The van der Waals surface area contributed by atoms with Crippen molar-refractivity contribution in [2.24, 2.45) is 0 Å². The van der Waals surface area contributed by atoms with Gasteiger partial charge in [0, 0.05) is 5.69 Å². The molecule has 0 aliphatic carbocycles. The predicted octanol–water partition coefficient (Wildman–Crippen LogP) is 4.83. The Labute approximate surface area is 145 Å². The van der Waals surface area contributed by atoms with Crippen LogP contribution in [0.4, 0.5) is 11.4 Å². The van der Waals surface area contributed by atoms with Crippen LogP contribution in [0.25, 0.3) is 0 Å². The number of amides is 1. The molecule has 1 amide bonds. The van der Waals surface area contributed by atoms with Crippen LogP contribution in [0.2, 0.25) is 10.0 Å². The largest absolute Gasteiger partial charge is 0.491 e. The van der Waals surface area contributed by atoms with Crippen LogP contribution >= 0.6 is 23.2 Å². The van der Waals surface area contributed by atoms with Gasteiger partial charge in [-0.3, -0.25) is 4.79 Å². The summed E-state index contributed by atoms with van der Waals surface area (Å²) in [6.07, 6.45) is 0.113. The van der Waals surface area contributed by atoms with Crippen LogP contribution in [0.1, 0.15) is 13.8 Å². The molecule has 0 saturated heterocycles. The van der Waals surface area contributed by atoms with Gasteiger partial charge in [0.2, 0.25) is 5.91 Å². The summed E-state index contributed by atoms with van der Waals surface area (Å²) in [6.45, 7) is 4.01. The maximum atomic E-state index is 12.0.